The van der Waals surface area contributed by atoms with Crippen molar-refractivity contribution in [2.75, 3.05) is 0 Å². The molecule has 0 saturated carbocycles. The SMILES string of the molecule is O=C(O)c1cccc(C2=C(c3cc(Cl)ccc3OCc3cc(F)c(F)c(F)c3)CCCC2)n1. The van der Waals surface area contributed by atoms with E-state index in [4.69, 9.17) is 16.3 Å². The van der Waals surface area contributed by atoms with Crippen LogP contribution in [0.25, 0.3) is 11.1 Å². The summed E-state index contributed by atoms with van der Waals surface area (Å²) in [6, 6.07) is 11.7. The summed E-state index contributed by atoms with van der Waals surface area (Å²) in [5, 5.41) is 9.79. The van der Waals surface area contributed by atoms with Gasteiger partial charge in [0, 0.05) is 10.6 Å². The fourth-order valence-corrected chi connectivity index (χ4v) is 4.10. The second kappa shape index (κ2) is 9.67. The molecule has 4 nitrogen and oxygen atoms in total. The average molecular weight is 474 g/mol. The van der Waals surface area contributed by atoms with E-state index >= 15 is 0 Å². The van der Waals surface area contributed by atoms with Crippen molar-refractivity contribution in [3.05, 3.63) is 93.5 Å². The number of ether oxygens (including phenoxy) is 1. The molecule has 0 saturated heterocycles. The Bertz CT molecular complexity index is 1240. The van der Waals surface area contributed by atoms with Crippen LogP contribution >= 0.6 is 11.6 Å². The number of benzene rings is 2. The number of halogens is 4. The third-order valence-corrected chi connectivity index (χ3v) is 5.68. The Hall–Kier alpha value is -3.32. The molecular weight excluding hydrogens is 455 g/mol. The predicted molar refractivity (Wildman–Crippen MR) is 119 cm³/mol. The lowest BCUT2D eigenvalue weighted by Crippen LogP contribution is -2.07. The first-order chi connectivity index (χ1) is 15.8. The van der Waals surface area contributed by atoms with E-state index < -0.39 is 23.4 Å². The Balaban J connectivity index is 1.73. The molecule has 0 fully saturated rings. The first-order valence-corrected chi connectivity index (χ1v) is 10.7. The van der Waals surface area contributed by atoms with Crippen LogP contribution in [0.2, 0.25) is 5.02 Å². The lowest BCUT2D eigenvalue weighted by atomic mass is 9.85. The van der Waals surface area contributed by atoms with Crippen LogP contribution in [0.15, 0.2) is 48.5 Å². The summed E-state index contributed by atoms with van der Waals surface area (Å²) < 4.78 is 46.3. The van der Waals surface area contributed by atoms with Crippen molar-refractivity contribution in [2.45, 2.75) is 32.3 Å². The summed E-state index contributed by atoms with van der Waals surface area (Å²) in [5.41, 5.74) is 3.18. The number of aromatic carboxylic acids is 1. The number of rotatable bonds is 6. The molecule has 0 atom stereocenters. The van der Waals surface area contributed by atoms with E-state index in [9.17, 15) is 23.1 Å². The number of aromatic nitrogens is 1. The van der Waals surface area contributed by atoms with Gasteiger partial charge >= 0.3 is 5.97 Å². The fourth-order valence-electron chi connectivity index (χ4n) is 3.92. The zero-order valence-electron chi connectivity index (χ0n) is 17.4. The monoisotopic (exact) mass is 473 g/mol. The van der Waals surface area contributed by atoms with Gasteiger partial charge in [-0.25, -0.2) is 22.9 Å². The number of carboxylic acids is 1. The van der Waals surface area contributed by atoms with Gasteiger partial charge in [0.1, 0.15) is 18.1 Å². The van der Waals surface area contributed by atoms with E-state index in [2.05, 4.69) is 4.98 Å². The number of hydrogen-bond acceptors (Lipinski definition) is 3. The van der Waals surface area contributed by atoms with Crippen LogP contribution in [-0.2, 0) is 6.61 Å². The number of pyridine rings is 1. The van der Waals surface area contributed by atoms with Crippen molar-refractivity contribution in [3.63, 3.8) is 0 Å². The molecule has 170 valence electrons. The molecule has 0 unspecified atom stereocenters. The molecule has 1 aromatic heterocycles. The first kappa shape index (κ1) is 22.9. The van der Waals surface area contributed by atoms with Gasteiger partial charge in [-0.3, -0.25) is 0 Å². The van der Waals surface area contributed by atoms with Gasteiger partial charge < -0.3 is 9.84 Å². The van der Waals surface area contributed by atoms with E-state index in [-0.39, 0.29) is 17.9 Å². The summed E-state index contributed by atoms with van der Waals surface area (Å²) in [6.07, 6.45) is 3.23. The molecule has 4 rings (SSSR count). The highest BCUT2D eigenvalue weighted by Gasteiger charge is 2.21. The summed E-state index contributed by atoms with van der Waals surface area (Å²) in [5.74, 6) is -4.77. The highest BCUT2D eigenvalue weighted by molar-refractivity contribution is 6.30. The minimum absolute atomic E-state index is 0.0483. The highest BCUT2D eigenvalue weighted by atomic mass is 35.5. The van der Waals surface area contributed by atoms with Crippen molar-refractivity contribution >= 4 is 28.7 Å². The molecule has 1 heterocycles. The summed E-state index contributed by atoms with van der Waals surface area (Å²) in [7, 11) is 0. The van der Waals surface area contributed by atoms with Crippen molar-refractivity contribution < 1.29 is 27.8 Å². The summed E-state index contributed by atoms with van der Waals surface area (Å²) >= 11 is 6.26. The van der Waals surface area contributed by atoms with E-state index in [0.717, 1.165) is 36.1 Å². The Morgan fingerprint density at radius 2 is 1.70 bits per heavy atom. The van der Waals surface area contributed by atoms with Crippen molar-refractivity contribution in [2.24, 2.45) is 0 Å². The van der Waals surface area contributed by atoms with Gasteiger partial charge in [0.2, 0.25) is 0 Å². The average Bonchev–Trinajstić information content (AvgIpc) is 2.81. The minimum Gasteiger partial charge on any atom is -0.488 e. The highest BCUT2D eigenvalue weighted by Crippen LogP contribution is 2.42. The molecule has 0 spiro atoms. The maximum absolute atomic E-state index is 13.6. The van der Waals surface area contributed by atoms with Crippen LogP contribution in [-0.4, -0.2) is 16.1 Å². The van der Waals surface area contributed by atoms with Crippen molar-refractivity contribution in [1.82, 2.24) is 4.98 Å². The summed E-state index contributed by atoms with van der Waals surface area (Å²) in [6.45, 7) is -0.182. The van der Waals surface area contributed by atoms with Gasteiger partial charge in [-0.15, -0.1) is 0 Å². The smallest absolute Gasteiger partial charge is 0.354 e. The second-order valence-electron chi connectivity index (χ2n) is 7.68. The van der Waals surface area contributed by atoms with E-state index in [0.29, 0.717) is 34.9 Å². The van der Waals surface area contributed by atoms with E-state index in [1.165, 1.54) is 6.07 Å². The molecule has 1 aliphatic carbocycles. The fraction of sp³-hybridized carbons (Fsp3) is 0.200. The Morgan fingerprint density at radius 3 is 2.39 bits per heavy atom. The molecule has 33 heavy (non-hydrogen) atoms. The van der Waals surface area contributed by atoms with Crippen LogP contribution in [0, 0.1) is 17.5 Å². The molecule has 3 aromatic rings. The van der Waals surface area contributed by atoms with Crippen LogP contribution in [0.1, 0.15) is 53.0 Å². The number of carboxylic acid groups (broad SMARTS) is 1. The molecule has 0 radical (unpaired) electrons. The van der Waals surface area contributed by atoms with Gasteiger partial charge in [0.05, 0.1) is 5.69 Å². The van der Waals surface area contributed by atoms with Crippen molar-refractivity contribution in [3.8, 4) is 5.75 Å². The maximum Gasteiger partial charge on any atom is 0.354 e. The normalized spacial score (nSPS) is 13.8. The zero-order valence-corrected chi connectivity index (χ0v) is 18.1. The molecule has 0 bridgehead atoms. The minimum atomic E-state index is -1.53. The Kier molecular flexibility index (Phi) is 6.70. The maximum atomic E-state index is 13.6. The Labute approximate surface area is 193 Å². The molecule has 0 aliphatic heterocycles. The second-order valence-corrected chi connectivity index (χ2v) is 8.12. The van der Waals surface area contributed by atoms with Crippen LogP contribution < -0.4 is 4.74 Å². The number of allylic oxidation sites excluding steroid dienone is 2. The number of hydrogen-bond donors (Lipinski definition) is 1. The molecule has 1 aliphatic rings. The van der Waals surface area contributed by atoms with E-state index in [1.54, 1.807) is 30.3 Å². The first-order valence-electron chi connectivity index (χ1n) is 10.3. The van der Waals surface area contributed by atoms with Crippen LogP contribution in [0.4, 0.5) is 13.2 Å². The molecular formula is C25H19ClF3NO3. The van der Waals surface area contributed by atoms with Crippen LogP contribution in [0.5, 0.6) is 5.75 Å². The van der Waals surface area contributed by atoms with Gasteiger partial charge in [-0.1, -0.05) is 17.7 Å². The molecule has 1 N–H and O–H groups in total. The number of carbonyl (C=O) groups is 1. The van der Waals surface area contributed by atoms with Gasteiger partial charge in [0.25, 0.3) is 0 Å². The third-order valence-electron chi connectivity index (χ3n) is 5.45. The molecule has 8 heteroatoms. The van der Waals surface area contributed by atoms with Gasteiger partial charge in [0.15, 0.2) is 17.5 Å². The lowest BCUT2D eigenvalue weighted by Gasteiger charge is -2.23. The topological polar surface area (TPSA) is 59.4 Å². The lowest BCUT2D eigenvalue weighted by molar-refractivity contribution is 0.0690. The zero-order chi connectivity index (χ0) is 23.5. The van der Waals surface area contributed by atoms with Gasteiger partial charge in [-0.2, -0.15) is 0 Å². The predicted octanol–water partition coefficient (Wildman–Crippen LogP) is 6.91. The molecule has 2 aromatic carbocycles. The quantitative estimate of drug-likeness (QED) is 0.395. The Morgan fingerprint density at radius 1 is 1.00 bits per heavy atom. The van der Waals surface area contributed by atoms with Crippen molar-refractivity contribution in [1.29, 1.82) is 0 Å². The van der Waals surface area contributed by atoms with E-state index in [1.807, 2.05) is 0 Å². The van der Waals surface area contributed by atoms with Crippen LogP contribution in [0.3, 0.4) is 0 Å². The van der Waals surface area contributed by atoms with Gasteiger partial charge in [-0.05, 0) is 84.9 Å². The third kappa shape index (κ3) is 5.03. The summed E-state index contributed by atoms with van der Waals surface area (Å²) in [4.78, 5) is 15.7. The molecule has 0 amide bonds. The standard InChI is InChI=1S/C25H19ClF3NO3/c26-15-8-9-23(33-13-14-10-19(27)24(29)20(28)11-14)18(12-15)16-4-1-2-5-17(16)21-6-3-7-22(30-21)25(31)32/h3,6-12H,1-2,4-5,13H2,(H,31,32). The largest absolute Gasteiger partial charge is 0.488 e. The number of nitrogens with zero attached hydrogens (tertiary/aromatic N) is 1.